The van der Waals surface area contributed by atoms with Crippen LogP contribution >= 0.6 is 11.6 Å². The molecule has 8 nitrogen and oxygen atoms in total. The first-order valence-corrected chi connectivity index (χ1v) is 9.71. The minimum atomic E-state index is -3.72. The summed E-state index contributed by atoms with van der Waals surface area (Å²) < 4.78 is 53.6. The number of nitrogens with one attached hydrogen (secondary N) is 1. The third kappa shape index (κ3) is 4.26. The van der Waals surface area contributed by atoms with Crippen molar-refractivity contribution in [1.82, 2.24) is 14.9 Å². The molecule has 0 saturated heterocycles. The molecule has 0 saturated carbocycles. The molecule has 0 aliphatic rings. The summed E-state index contributed by atoms with van der Waals surface area (Å²) in [5.41, 5.74) is 0. The Balaban J connectivity index is 2.00. The Morgan fingerprint density at radius 1 is 1.23 bits per heavy atom. The van der Waals surface area contributed by atoms with Gasteiger partial charge in [-0.15, -0.1) is 5.10 Å². The molecule has 2 aromatic rings. The smallest absolute Gasteiger partial charge is 0.335 e. The lowest BCUT2D eigenvalue weighted by Gasteiger charge is -2.05. The first-order valence-electron chi connectivity index (χ1n) is 5.96. The summed E-state index contributed by atoms with van der Waals surface area (Å²) in [6.07, 6.45) is 0.995. The quantitative estimate of drug-likeness (QED) is 0.797. The van der Waals surface area contributed by atoms with E-state index in [4.69, 9.17) is 16.0 Å². The normalized spacial score (nSPS) is 12.5. The fourth-order valence-corrected chi connectivity index (χ4v) is 3.27. The Morgan fingerprint density at radius 3 is 2.55 bits per heavy atom. The van der Waals surface area contributed by atoms with Gasteiger partial charge in [-0.1, -0.05) is 22.8 Å². The molecule has 22 heavy (non-hydrogen) atoms. The molecule has 0 spiro atoms. The van der Waals surface area contributed by atoms with E-state index in [0.29, 0.717) is 5.02 Å². The largest absolute Gasteiger partial charge is 0.412 e. The van der Waals surface area contributed by atoms with E-state index in [9.17, 15) is 16.8 Å². The third-order valence-electron chi connectivity index (χ3n) is 2.50. The van der Waals surface area contributed by atoms with Gasteiger partial charge < -0.3 is 4.42 Å². The molecule has 0 amide bonds. The number of sulfone groups is 1. The highest BCUT2D eigenvalue weighted by molar-refractivity contribution is 7.90. The molecule has 1 N–H and O–H groups in total. The van der Waals surface area contributed by atoms with Crippen molar-refractivity contribution in [2.24, 2.45) is 0 Å². The van der Waals surface area contributed by atoms with Crippen LogP contribution in [-0.4, -0.2) is 39.8 Å². The minimum Gasteiger partial charge on any atom is -0.412 e. The zero-order valence-electron chi connectivity index (χ0n) is 11.4. The number of benzene rings is 1. The van der Waals surface area contributed by atoms with Gasteiger partial charge in [0.15, 0.2) is 0 Å². The Bertz CT molecular complexity index is 877. The van der Waals surface area contributed by atoms with Crippen molar-refractivity contribution in [3.8, 4) is 0 Å². The van der Waals surface area contributed by atoms with Crippen molar-refractivity contribution in [2.45, 2.75) is 16.5 Å². The minimum absolute atomic E-state index is 0.0224. The molecule has 1 heterocycles. The number of aromatic nitrogens is 2. The van der Waals surface area contributed by atoms with Crippen molar-refractivity contribution in [3.63, 3.8) is 0 Å². The summed E-state index contributed by atoms with van der Waals surface area (Å²) in [5, 5.41) is 6.71. The maximum absolute atomic E-state index is 12.0. The van der Waals surface area contributed by atoms with Gasteiger partial charge in [0.1, 0.15) is 0 Å². The number of halogens is 1. The van der Waals surface area contributed by atoms with Crippen LogP contribution in [0.25, 0.3) is 0 Å². The lowest BCUT2D eigenvalue weighted by molar-refractivity contribution is 0.397. The van der Waals surface area contributed by atoms with E-state index in [-0.39, 0.29) is 23.8 Å². The van der Waals surface area contributed by atoms with Crippen LogP contribution in [0.4, 0.5) is 0 Å². The molecule has 2 rings (SSSR count). The fourth-order valence-electron chi connectivity index (χ4n) is 1.50. The van der Waals surface area contributed by atoms with Gasteiger partial charge in [-0.2, -0.15) is 0 Å². The Morgan fingerprint density at radius 2 is 1.95 bits per heavy atom. The second-order valence-corrected chi connectivity index (χ2v) is 8.44. The molecule has 1 aromatic carbocycles. The standard InChI is InChI=1S/C11H12ClN3O5S2/c1-21(16,17)11-15-14-10(20-11)5-6-13-22(18,19)9-4-2-3-8(12)7-9/h2-4,7,13H,5-6H2,1H3. The van der Waals surface area contributed by atoms with Gasteiger partial charge in [0.2, 0.25) is 25.8 Å². The maximum Gasteiger partial charge on any atom is 0.335 e. The van der Waals surface area contributed by atoms with E-state index in [2.05, 4.69) is 14.9 Å². The van der Waals surface area contributed by atoms with Crippen LogP contribution < -0.4 is 4.72 Å². The molecule has 0 atom stereocenters. The van der Waals surface area contributed by atoms with Gasteiger partial charge in [-0.3, -0.25) is 0 Å². The maximum atomic E-state index is 12.0. The average molecular weight is 366 g/mol. The summed E-state index contributed by atoms with van der Waals surface area (Å²) in [6, 6.07) is 5.81. The van der Waals surface area contributed by atoms with Crippen LogP contribution in [-0.2, 0) is 26.3 Å². The highest BCUT2D eigenvalue weighted by Crippen LogP contribution is 2.15. The summed E-state index contributed by atoms with van der Waals surface area (Å²) in [6.45, 7) is -0.0275. The molecule has 0 radical (unpaired) electrons. The van der Waals surface area contributed by atoms with Crippen LogP contribution in [0.5, 0.6) is 0 Å². The predicted octanol–water partition coefficient (Wildman–Crippen LogP) is 0.647. The third-order valence-corrected chi connectivity index (χ3v) is 5.00. The van der Waals surface area contributed by atoms with Crippen LogP contribution in [0.2, 0.25) is 5.02 Å². The highest BCUT2D eigenvalue weighted by atomic mass is 35.5. The van der Waals surface area contributed by atoms with Gasteiger partial charge >= 0.3 is 5.22 Å². The Labute approximate surface area is 132 Å². The molecule has 0 fully saturated rings. The van der Waals surface area contributed by atoms with E-state index in [1.165, 1.54) is 18.2 Å². The first-order chi connectivity index (χ1) is 10.2. The molecule has 0 bridgehead atoms. The monoisotopic (exact) mass is 365 g/mol. The molecule has 1 aromatic heterocycles. The second kappa shape index (κ2) is 6.32. The topological polar surface area (TPSA) is 119 Å². The van der Waals surface area contributed by atoms with Crippen molar-refractivity contribution in [1.29, 1.82) is 0 Å². The predicted molar refractivity (Wildman–Crippen MR) is 77.8 cm³/mol. The summed E-state index contributed by atoms with van der Waals surface area (Å²) in [7, 11) is -7.29. The van der Waals surface area contributed by atoms with E-state index in [1.54, 1.807) is 6.07 Å². The average Bonchev–Trinajstić information content (AvgIpc) is 2.87. The van der Waals surface area contributed by atoms with Crippen molar-refractivity contribution < 1.29 is 21.3 Å². The van der Waals surface area contributed by atoms with Crippen molar-refractivity contribution >= 4 is 31.5 Å². The van der Waals surface area contributed by atoms with Gasteiger partial charge in [0.25, 0.3) is 0 Å². The van der Waals surface area contributed by atoms with E-state index >= 15 is 0 Å². The molecule has 120 valence electrons. The zero-order valence-corrected chi connectivity index (χ0v) is 13.7. The lowest BCUT2D eigenvalue weighted by atomic mass is 10.4. The SMILES string of the molecule is CS(=O)(=O)c1nnc(CCNS(=O)(=O)c2cccc(Cl)c2)o1. The van der Waals surface area contributed by atoms with Gasteiger partial charge in [-0.25, -0.2) is 21.6 Å². The number of sulfonamides is 1. The number of rotatable bonds is 6. The fraction of sp³-hybridized carbons (Fsp3) is 0.273. The van der Waals surface area contributed by atoms with Crippen molar-refractivity contribution in [2.75, 3.05) is 12.8 Å². The van der Waals surface area contributed by atoms with Gasteiger partial charge in [0.05, 0.1) is 4.90 Å². The zero-order chi connectivity index (χ0) is 16.4. The van der Waals surface area contributed by atoms with Crippen LogP contribution in [0.1, 0.15) is 5.89 Å². The molecular formula is C11H12ClN3O5S2. The van der Waals surface area contributed by atoms with E-state index in [1.807, 2.05) is 0 Å². The van der Waals surface area contributed by atoms with Crippen LogP contribution in [0, 0.1) is 0 Å². The summed E-state index contributed by atoms with van der Waals surface area (Å²) in [5.74, 6) is 0.0224. The summed E-state index contributed by atoms with van der Waals surface area (Å²) in [4.78, 5) is 0.0300. The van der Waals surface area contributed by atoms with Gasteiger partial charge in [-0.05, 0) is 18.2 Å². The molecule has 11 heteroatoms. The molecule has 0 aliphatic heterocycles. The molecule has 0 aliphatic carbocycles. The van der Waals surface area contributed by atoms with Crippen LogP contribution in [0.3, 0.4) is 0 Å². The van der Waals surface area contributed by atoms with Crippen molar-refractivity contribution in [3.05, 3.63) is 35.2 Å². The Kier molecular flexibility index (Phi) is 4.85. The number of hydrogen-bond donors (Lipinski definition) is 1. The molecular weight excluding hydrogens is 354 g/mol. The van der Waals surface area contributed by atoms with Crippen LogP contribution in [0.15, 0.2) is 38.8 Å². The second-order valence-electron chi connectivity index (χ2n) is 4.34. The number of nitrogens with zero attached hydrogens (tertiary/aromatic N) is 2. The number of hydrogen-bond acceptors (Lipinski definition) is 7. The Hall–Kier alpha value is -1.49. The first kappa shape index (κ1) is 16.9. The molecule has 0 unspecified atom stereocenters. The van der Waals surface area contributed by atoms with E-state index in [0.717, 1.165) is 6.26 Å². The highest BCUT2D eigenvalue weighted by Gasteiger charge is 2.18. The van der Waals surface area contributed by atoms with Gasteiger partial charge in [0, 0.05) is 24.2 Å². The summed E-state index contributed by atoms with van der Waals surface area (Å²) >= 11 is 5.74. The lowest BCUT2D eigenvalue weighted by Crippen LogP contribution is -2.26. The van der Waals surface area contributed by atoms with E-state index < -0.39 is 25.1 Å².